The quantitative estimate of drug-likeness (QED) is 0.406. The number of hydrogen-bond donors (Lipinski definition) is 3. The summed E-state index contributed by atoms with van der Waals surface area (Å²) in [7, 11) is 5.86. The first-order chi connectivity index (χ1) is 13.6. The third-order valence-electron chi connectivity index (χ3n) is 4.52. The number of anilines is 4. The second-order valence-corrected chi connectivity index (χ2v) is 6.42. The minimum atomic E-state index is 0.0517. The summed E-state index contributed by atoms with van der Waals surface area (Å²) >= 11 is 0. The van der Waals surface area contributed by atoms with E-state index in [0.717, 1.165) is 22.7 Å². The average molecular weight is 386 g/mol. The molecule has 2 aromatic carbocycles. The summed E-state index contributed by atoms with van der Waals surface area (Å²) in [5, 5.41) is 27.9. The highest BCUT2D eigenvalue weighted by Crippen LogP contribution is 2.23. The molecule has 3 N–H and O–H groups in total. The van der Waals surface area contributed by atoms with Crippen molar-refractivity contribution >= 4 is 29.0 Å². The summed E-state index contributed by atoms with van der Waals surface area (Å²) in [5.41, 5.74) is 4.13. The summed E-state index contributed by atoms with van der Waals surface area (Å²) < 4.78 is 0. The molecule has 0 saturated carbocycles. The van der Waals surface area contributed by atoms with Gasteiger partial charge in [0.05, 0.1) is 36.8 Å². The molecule has 0 bridgehead atoms. The first-order valence-electron chi connectivity index (χ1n) is 9.41. The van der Waals surface area contributed by atoms with E-state index < -0.39 is 0 Å². The Morgan fingerprint density at radius 3 is 2.14 bits per heavy atom. The van der Waals surface area contributed by atoms with Crippen LogP contribution < -0.4 is 20.1 Å². The van der Waals surface area contributed by atoms with E-state index in [9.17, 15) is 0 Å². The van der Waals surface area contributed by atoms with Crippen LogP contribution in [-0.4, -0.2) is 70.4 Å². The summed E-state index contributed by atoms with van der Waals surface area (Å²) in [4.78, 5) is 4.08. The lowest BCUT2D eigenvalue weighted by Crippen LogP contribution is -2.29. The lowest BCUT2D eigenvalue weighted by molar-refractivity contribution is 0.281. The molecule has 0 aliphatic heterocycles. The van der Waals surface area contributed by atoms with Crippen molar-refractivity contribution in [2.45, 2.75) is 0 Å². The highest BCUT2D eigenvalue weighted by molar-refractivity contribution is 5.74. The molecule has 0 unspecified atom stereocenters. The summed E-state index contributed by atoms with van der Waals surface area (Å²) in [6, 6.07) is 16.1. The van der Waals surface area contributed by atoms with Gasteiger partial charge in [0.25, 0.3) is 0 Å². The highest BCUT2D eigenvalue weighted by atomic mass is 16.3. The molecule has 7 nitrogen and oxygen atoms in total. The lowest BCUT2D eigenvalue weighted by Gasteiger charge is -2.24. The molecule has 0 spiro atoms. The van der Waals surface area contributed by atoms with Crippen molar-refractivity contribution in [2.75, 3.05) is 74.1 Å². The number of rotatable bonds is 11. The monoisotopic (exact) mass is 385 g/mol. The summed E-state index contributed by atoms with van der Waals surface area (Å²) in [6.07, 6.45) is 1.88. The minimum absolute atomic E-state index is 0.0517. The molecule has 0 aliphatic carbocycles. The van der Waals surface area contributed by atoms with Crippen LogP contribution in [-0.2, 0) is 0 Å². The van der Waals surface area contributed by atoms with Gasteiger partial charge < -0.3 is 25.3 Å². The van der Waals surface area contributed by atoms with Crippen LogP contribution in [0.15, 0.2) is 53.6 Å². The lowest BCUT2D eigenvalue weighted by atomic mass is 10.2. The van der Waals surface area contributed by atoms with Gasteiger partial charge in [0.15, 0.2) is 0 Å². The Bertz CT molecular complexity index is 730. The minimum Gasteiger partial charge on any atom is -0.395 e. The number of para-hydroxylation sites is 2. The molecule has 0 atom stereocenters. The number of benzene rings is 2. The van der Waals surface area contributed by atoms with Crippen molar-refractivity contribution in [1.82, 2.24) is 0 Å². The fourth-order valence-corrected chi connectivity index (χ4v) is 2.95. The predicted octanol–water partition coefficient (Wildman–Crippen LogP) is 2.08. The van der Waals surface area contributed by atoms with E-state index in [1.165, 1.54) is 0 Å². The van der Waals surface area contributed by atoms with E-state index in [2.05, 4.69) is 21.4 Å². The van der Waals surface area contributed by atoms with E-state index in [4.69, 9.17) is 10.2 Å². The fraction of sp³-hybridized carbons (Fsp3) is 0.381. The SMILES string of the molecule is CNc1ccccc1N(C)C/C=N/N(C)c1ccc(N(CCO)CCO)cc1. The second kappa shape index (κ2) is 11.2. The maximum atomic E-state index is 9.17. The van der Waals surface area contributed by atoms with E-state index in [-0.39, 0.29) is 13.2 Å². The van der Waals surface area contributed by atoms with Crippen molar-refractivity contribution in [3.63, 3.8) is 0 Å². The maximum absolute atomic E-state index is 9.17. The van der Waals surface area contributed by atoms with Crippen LogP contribution in [0.2, 0.25) is 0 Å². The Labute approximate surface area is 167 Å². The standard InChI is InChI=1S/C21H31N5O2/c1-22-20-6-4-5-7-21(20)24(2)13-12-23-25(3)18-8-10-19(11-9-18)26(14-16-27)15-17-28/h4-12,22,27-28H,13-17H2,1-3H3/b23-12+. The third-order valence-corrected chi connectivity index (χ3v) is 4.52. The number of nitrogens with one attached hydrogen (secondary N) is 1. The zero-order valence-corrected chi connectivity index (χ0v) is 16.9. The number of hydrogen-bond acceptors (Lipinski definition) is 7. The Hall–Kier alpha value is -2.77. The molecule has 28 heavy (non-hydrogen) atoms. The van der Waals surface area contributed by atoms with Gasteiger partial charge in [-0.2, -0.15) is 5.10 Å². The van der Waals surface area contributed by atoms with E-state index in [1.54, 1.807) is 0 Å². The number of hydrazone groups is 1. The van der Waals surface area contributed by atoms with Crippen LogP contribution in [0.4, 0.5) is 22.7 Å². The van der Waals surface area contributed by atoms with Gasteiger partial charge in [-0.25, -0.2) is 0 Å². The van der Waals surface area contributed by atoms with Gasteiger partial charge >= 0.3 is 0 Å². The summed E-state index contributed by atoms with van der Waals surface area (Å²) in [5.74, 6) is 0. The molecule has 7 heteroatoms. The van der Waals surface area contributed by atoms with Crippen LogP contribution in [0.25, 0.3) is 0 Å². The second-order valence-electron chi connectivity index (χ2n) is 6.42. The zero-order chi connectivity index (χ0) is 20.4. The molecule has 0 radical (unpaired) electrons. The van der Waals surface area contributed by atoms with Gasteiger partial charge in [-0.15, -0.1) is 0 Å². The molecular formula is C21H31N5O2. The van der Waals surface area contributed by atoms with Crippen molar-refractivity contribution in [3.05, 3.63) is 48.5 Å². The number of aliphatic hydroxyl groups is 2. The Kier molecular flexibility index (Phi) is 8.58. The average Bonchev–Trinajstić information content (AvgIpc) is 2.73. The first-order valence-corrected chi connectivity index (χ1v) is 9.41. The molecular weight excluding hydrogens is 354 g/mol. The first kappa shape index (κ1) is 21.5. The topological polar surface area (TPSA) is 74.6 Å². The third kappa shape index (κ3) is 5.87. The van der Waals surface area contributed by atoms with Gasteiger partial charge in [0.2, 0.25) is 0 Å². The van der Waals surface area contributed by atoms with Crippen LogP contribution >= 0.6 is 0 Å². The number of aliphatic hydroxyl groups excluding tert-OH is 2. The molecule has 152 valence electrons. The molecule has 0 aliphatic rings. The molecule has 0 amide bonds. The zero-order valence-electron chi connectivity index (χ0n) is 16.9. The van der Waals surface area contributed by atoms with E-state index in [1.807, 2.05) is 79.7 Å². The van der Waals surface area contributed by atoms with Gasteiger partial charge in [-0.1, -0.05) is 12.1 Å². The van der Waals surface area contributed by atoms with Crippen molar-refractivity contribution in [2.24, 2.45) is 5.10 Å². The smallest absolute Gasteiger partial charge is 0.0606 e. The molecule has 0 aromatic heterocycles. The normalized spacial score (nSPS) is 10.9. The van der Waals surface area contributed by atoms with Crippen molar-refractivity contribution < 1.29 is 10.2 Å². The van der Waals surface area contributed by atoms with Gasteiger partial charge in [0.1, 0.15) is 0 Å². The maximum Gasteiger partial charge on any atom is 0.0606 e. The van der Waals surface area contributed by atoms with Gasteiger partial charge in [-0.05, 0) is 36.4 Å². The Balaban J connectivity index is 1.97. The summed E-state index contributed by atoms with van der Waals surface area (Å²) in [6.45, 7) is 1.77. The van der Waals surface area contributed by atoms with Crippen LogP contribution in [0.1, 0.15) is 0 Å². The van der Waals surface area contributed by atoms with E-state index in [0.29, 0.717) is 19.6 Å². The molecule has 0 heterocycles. The van der Waals surface area contributed by atoms with Crippen LogP contribution in [0.5, 0.6) is 0 Å². The van der Waals surface area contributed by atoms with Gasteiger partial charge in [0, 0.05) is 46.1 Å². The highest BCUT2D eigenvalue weighted by Gasteiger charge is 2.07. The molecule has 0 fully saturated rings. The van der Waals surface area contributed by atoms with Crippen molar-refractivity contribution in [3.8, 4) is 0 Å². The van der Waals surface area contributed by atoms with E-state index >= 15 is 0 Å². The van der Waals surface area contributed by atoms with Crippen molar-refractivity contribution in [1.29, 1.82) is 0 Å². The van der Waals surface area contributed by atoms with Crippen LogP contribution in [0.3, 0.4) is 0 Å². The Morgan fingerprint density at radius 2 is 1.54 bits per heavy atom. The van der Waals surface area contributed by atoms with Gasteiger partial charge in [-0.3, -0.25) is 5.01 Å². The largest absolute Gasteiger partial charge is 0.395 e. The molecule has 2 aromatic rings. The predicted molar refractivity (Wildman–Crippen MR) is 119 cm³/mol. The Morgan fingerprint density at radius 1 is 0.929 bits per heavy atom. The number of nitrogens with zero attached hydrogens (tertiary/aromatic N) is 4. The van der Waals surface area contributed by atoms with Crippen LogP contribution in [0, 0.1) is 0 Å². The molecule has 2 rings (SSSR count). The fourth-order valence-electron chi connectivity index (χ4n) is 2.95. The molecule has 0 saturated heterocycles.